The topological polar surface area (TPSA) is 119 Å². The molecule has 0 aliphatic heterocycles. The van der Waals surface area contributed by atoms with E-state index in [1.165, 1.54) is 24.3 Å². The van der Waals surface area contributed by atoms with E-state index >= 15 is 0 Å². The fourth-order valence-corrected chi connectivity index (χ4v) is 2.18. The minimum absolute atomic E-state index is 0.0378. The molecule has 0 saturated carbocycles. The van der Waals surface area contributed by atoms with Crippen molar-refractivity contribution in [2.24, 2.45) is 0 Å². The number of nitrogens with one attached hydrogen (secondary N) is 1. The smallest absolute Gasteiger partial charge is 0.342 e. The van der Waals surface area contributed by atoms with Crippen LogP contribution in [0.25, 0.3) is 0 Å². The summed E-state index contributed by atoms with van der Waals surface area (Å²) in [6.45, 7) is -0.645. The minimum Gasteiger partial charge on any atom is -0.507 e. The van der Waals surface area contributed by atoms with E-state index in [-0.39, 0.29) is 32.7 Å². The summed E-state index contributed by atoms with van der Waals surface area (Å²) in [6.07, 6.45) is 0. The molecular weight excluding hydrogens is 375 g/mol. The van der Waals surface area contributed by atoms with Crippen LogP contribution in [-0.2, 0) is 9.53 Å². The molecule has 2 rings (SSSR count). The van der Waals surface area contributed by atoms with Crippen molar-refractivity contribution >= 4 is 46.5 Å². The van der Waals surface area contributed by atoms with Crippen LogP contribution in [0, 0.1) is 10.1 Å². The normalized spacial score (nSPS) is 10.2. The molecular formula is C15H10Cl2N2O6. The number of halogens is 2. The Labute approximate surface area is 151 Å². The molecule has 1 amide bonds. The summed E-state index contributed by atoms with van der Waals surface area (Å²) in [7, 11) is 0. The van der Waals surface area contributed by atoms with Gasteiger partial charge in [0.2, 0.25) is 0 Å². The van der Waals surface area contributed by atoms with Crippen molar-refractivity contribution in [1.82, 2.24) is 0 Å². The molecule has 0 bridgehead atoms. The Morgan fingerprint density at radius 2 is 1.92 bits per heavy atom. The van der Waals surface area contributed by atoms with Gasteiger partial charge in [-0.1, -0.05) is 23.2 Å². The number of ether oxygens (including phenoxy) is 1. The number of non-ortho nitro benzene ring substituents is 1. The van der Waals surface area contributed by atoms with Crippen LogP contribution < -0.4 is 5.32 Å². The Bertz CT molecular complexity index is 856. The third-order valence-electron chi connectivity index (χ3n) is 2.95. The van der Waals surface area contributed by atoms with Gasteiger partial charge in [-0.2, -0.15) is 0 Å². The number of benzene rings is 2. The number of hydrogen-bond donors (Lipinski definition) is 2. The molecule has 0 fully saturated rings. The number of hydrogen-bond acceptors (Lipinski definition) is 6. The number of carbonyl (C=O) groups excluding carboxylic acids is 2. The van der Waals surface area contributed by atoms with Crippen LogP contribution in [0.1, 0.15) is 10.4 Å². The maximum Gasteiger partial charge on any atom is 0.342 e. The number of esters is 1. The molecule has 0 unspecified atom stereocenters. The third kappa shape index (κ3) is 4.82. The zero-order valence-corrected chi connectivity index (χ0v) is 13.9. The van der Waals surface area contributed by atoms with Crippen molar-refractivity contribution in [3.63, 3.8) is 0 Å². The van der Waals surface area contributed by atoms with Gasteiger partial charge in [0.25, 0.3) is 11.6 Å². The third-order valence-corrected chi connectivity index (χ3v) is 3.50. The Morgan fingerprint density at radius 1 is 1.20 bits per heavy atom. The van der Waals surface area contributed by atoms with Crippen molar-refractivity contribution in [1.29, 1.82) is 0 Å². The highest BCUT2D eigenvalue weighted by atomic mass is 35.5. The van der Waals surface area contributed by atoms with Crippen LogP contribution in [0.2, 0.25) is 10.0 Å². The van der Waals surface area contributed by atoms with Gasteiger partial charge < -0.3 is 15.2 Å². The zero-order chi connectivity index (χ0) is 18.6. The molecule has 0 saturated heterocycles. The molecule has 10 heteroatoms. The highest BCUT2D eigenvalue weighted by Crippen LogP contribution is 2.26. The molecule has 2 N–H and O–H groups in total. The number of anilines is 1. The van der Waals surface area contributed by atoms with Gasteiger partial charge in [-0.25, -0.2) is 4.79 Å². The molecule has 0 spiro atoms. The van der Waals surface area contributed by atoms with E-state index in [0.717, 1.165) is 12.1 Å². The van der Waals surface area contributed by atoms with Crippen molar-refractivity contribution in [2.45, 2.75) is 0 Å². The number of phenolic OH excluding ortho intramolecular Hbond substituents is 1. The Hall–Kier alpha value is -2.84. The van der Waals surface area contributed by atoms with E-state index < -0.39 is 23.4 Å². The molecule has 0 radical (unpaired) electrons. The van der Waals surface area contributed by atoms with Crippen LogP contribution in [0.5, 0.6) is 5.75 Å². The molecule has 0 atom stereocenters. The van der Waals surface area contributed by atoms with E-state index in [1.807, 2.05) is 0 Å². The average molecular weight is 385 g/mol. The van der Waals surface area contributed by atoms with Gasteiger partial charge in [-0.3, -0.25) is 14.9 Å². The first-order chi connectivity index (χ1) is 11.8. The monoisotopic (exact) mass is 384 g/mol. The van der Waals surface area contributed by atoms with Gasteiger partial charge in [0.15, 0.2) is 6.61 Å². The van der Waals surface area contributed by atoms with Gasteiger partial charge in [0, 0.05) is 17.2 Å². The van der Waals surface area contributed by atoms with Crippen molar-refractivity contribution < 1.29 is 24.4 Å². The van der Waals surface area contributed by atoms with Gasteiger partial charge in [-0.05, 0) is 24.3 Å². The largest absolute Gasteiger partial charge is 0.507 e. The SMILES string of the molecule is O=C(COC(=O)c1ccc(Cl)cc1O)Nc1ccc([N+](=O)[O-])cc1Cl. The van der Waals surface area contributed by atoms with Crippen LogP contribution in [0.15, 0.2) is 36.4 Å². The Balaban J connectivity index is 1.96. The Kier molecular flexibility index (Phi) is 5.79. The first-order valence-electron chi connectivity index (χ1n) is 6.67. The van der Waals surface area contributed by atoms with Crippen LogP contribution in [0.4, 0.5) is 11.4 Å². The lowest BCUT2D eigenvalue weighted by atomic mass is 10.2. The molecule has 0 aliphatic rings. The molecule has 2 aromatic rings. The molecule has 130 valence electrons. The lowest BCUT2D eigenvalue weighted by Crippen LogP contribution is -2.21. The maximum absolute atomic E-state index is 11.8. The number of nitro groups is 1. The number of aromatic hydroxyl groups is 1. The molecule has 0 aliphatic carbocycles. The van der Waals surface area contributed by atoms with Crippen LogP contribution >= 0.6 is 23.2 Å². The van der Waals surface area contributed by atoms with Gasteiger partial charge in [-0.15, -0.1) is 0 Å². The predicted molar refractivity (Wildman–Crippen MR) is 90.1 cm³/mol. The molecule has 8 nitrogen and oxygen atoms in total. The summed E-state index contributed by atoms with van der Waals surface area (Å²) in [6, 6.07) is 7.30. The van der Waals surface area contributed by atoms with E-state index in [1.54, 1.807) is 0 Å². The zero-order valence-electron chi connectivity index (χ0n) is 12.4. The second-order valence-corrected chi connectivity index (χ2v) is 5.55. The number of rotatable bonds is 5. The van der Waals surface area contributed by atoms with Crippen LogP contribution in [0.3, 0.4) is 0 Å². The summed E-state index contributed by atoms with van der Waals surface area (Å²) in [5, 5.41) is 22.8. The lowest BCUT2D eigenvalue weighted by molar-refractivity contribution is -0.384. The van der Waals surface area contributed by atoms with E-state index in [0.29, 0.717) is 0 Å². The van der Waals surface area contributed by atoms with Crippen molar-refractivity contribution in [2.75, 3.05) is 11.9 Å². The van der Waals surface area contributed by atoms with Crippen molar-refractivity contribution in [3.05, 3.63) is 62.1 Å². The van der Waals surface area contributed by atoms with Crippen LogP contribution in [-0.4, -0.2) is 28.5 Å². The predicted octanol–water partition coefficient (Wildman–Crippen LogP) is 3.40. The summed E-state index contributed by atoms with van der Waals surface area (Å²) < 4.78 is 4.78. The highest BCUT2D eigenvalue weighted by molar-refractivity contribution is 6.34. The fraction of sp³-hybridized carbons (Fsp3) is 0.0667. The van der Waals surface area contributed by atoms with E-state index in [4.69, 9.17) is 27.9 Å². The van der Waals surface area contributed by atoms with Crippen molar-refractivity contribution in [3.8, 4) is 5.75 Å². The summed E-state index contributed by atoms with van der Waals surface area (Å²) >= 11 is 11.5. The molecule has 0 heterocycles. The second-order valence-electron chi connectivity index (χ2n) is 4.71. The van der Waals surface area contributed by atoms with Gasteiger partial charge in [0.1, 0.15) is 11.3 Å². The number of carbonyl (C=O) groups is 2. The quantitative estimate of drug-likeness (QED) is 0.463. The molecule has 0 aromatic heterocycles. The number of nitrogens with zero attached hydrogens (tertiary/aromatic N) is 1. The first kappa shape index (κ1) is 18.5. The summed E-state index contributed by atoms with van der Waals surface area (Å²) in [5.74, 6) is -2.01. The first-order valence-corrected chi connectivity index (χ1v) is 7.43. The number of nitro benzene ring substituents is 1. The number of amides is 1. The highest BCUT2D eigenvalue weighted by Gasteiger charge is 2.16. The fourth-order valence-electron chi connectivity index (χ4n) is 1.79. The second kappa shape index (κ2) is 7.82. The number of phenols is 1. The minimum atomic E-state index is -0.917. The summed E-state index contributed by atoms with van der Waals surface area (Å²) in [5.41, 5.74) is -0.249. The van der Waals surface area contributed by atoms with E-state index in [2.05, 4.69) is 5.32 Å². The standard InChI is InChI=1S/C15H10Cl2N2O6/c16-8-1-3-10(13(20)5-8)15(22)25-7-14(21)18-12-4-2-9(19(23)24)6-11(12)17/h1-6,20H,7H2,(H,18,21). The van der Waals surface area contributed by atoms with Gasteiger partial charge >= 0.3 is 5.97 Å². The van der Waals surface area contributed by atoms with Gasteiger partial charge in [0.05, 0.1) is 15.6 Å². The average Bonchev–Trinajstić information content (AvgIpc) is 2.54. The molecule has 25 heavy (non-hydrogen) atoms. The lowest BCUT2D eigenvalue weighted by Gasteiger charge is -2.08. The Morgan fingerprint density at radius 3 is 2.52 bits per heavy atom. The summed E-state index contributed by atoms with van der Waals surface area (Å²) in [4.78, 5) is 33.6. The van der Waals surface area contributed by atoms with E-state index in [9.17, 15) is 24.8 Å². The maximum atomic E-state index is 11.8. The molecule has 2 aromatic carbocycles.